The van der Waals surface area contributed by atoms with Gasteiger partial charge in [0.2, 0.25) is 0 Å². The summed E-state index contributed by atoms with van der Waals surface area (Å²) in [6.07, 6.45) is 4.47. The molecule has 2 aromatic heterocycles. The number of aromatic nitrogens is 2. The van der Waals surface area contributed by atoms with E-state index < -0.39 is 0 Å². The predicted octanol–water partition coefficient (Wildman–Crippen LogP) is 4.60. The van der Waals surface area contributed by atoms with Crippen molar-refractivity contribution >= 4 is 28.0 Å². The van der Waals surface area contributed by atoms with Crippen LogP contribution in [-0.2, 0) is 11.8 Å². The van der Waals surface area contributed by atoms with Crippen molar-refractivity contribution in [3.05, 3.63) is 48.7 Å². The number of rotatable bonds is 3. The highest BCUT2D eigenvalue weighted by atomic mass is 16.5. The minimum absolute atomic E-state index is 0.352. The van der Waals surface area contributed by atoms with Crippen molar-refractivity contribution in [1.82, 2.24) is 9.55 Å². The van der Waals surface area contributed by atoms with Crippen LogP contribution in [0.5, 0.6) is 0 Å². The van der Waals surface area contributed by atoms with Crippen molar-refractivity contribution in [2.24, 2.45) is 7.05 Å². The second-order valence-corrected chi connectivity index (χ2v) is 7.30. The molecule has 4 aromatic rings. The van der Waals surface area contributed by atoms with Crippen molar-refractivity contribution in [3.8, 4) is 11.1 Å². The number of nitrogens with zero attached hydrogens (tertiary/aromatic N) is 3. The van der Waals surface area contributed by atoms with Gasteiger partial charge in [0.05, 0.1) is 6.10 Å². The molecule has 0 unspecified atom stereocenters. The first-order valence-corrected chi connectivity index (χ1v) is 9.45. The number of hydrogen-bond donors (Lipinski definition) is 0. The number of methoxy groups -OCH3 is 1. The molecule has 0 saturated carbocycles. The highest BCUT2D eigenvalue weighted by Gasteiger charge is 2.22. The molecule has 0 N–H and O–H groups in total. The molecule has 27 heavy (non-hydrogen) atoms. The standard InChI is InChI=1S/C22H23N3O2/c1-24-10-7-17-13-15(3-5-20(17)24)16-4-6-21-19(14-16)23-22(27-21)25-11-8-18(26-2)9-12-25/h3-7,10,13-14,18H,8-9,11-12H2,1-2H3. The maximum Gasteiger partial charge on any atom is 0.298 e. The van der Waals surface area contributed by atoms with Crippen LogP contribution in [0.15, 0.2) is 53.1 Å². The van der Waals surface area contributed by atoms with Gasteiger partial charge in [-0.15, -0.1) is 0 Å². The van der Waals surface area contributed by atoms with Gasteiger partial charge in [-0.25, -0.2) is 0 Å². The van der Waals surface area contributed by atoms with Crippen LogP contribution in [0.2, 0.25) is 0 Å². The maximum atomic E-state index is 6.01. The van der Waals surface area contributed by atoms with Gasteiger partial charge in [-0.2, -0.15) is 4.98 Å². The van der Waals surface area contributed by atoms with E-state index in [0.29, 0.717) is 6.10 Å². The van der Waals surface area contributed by atoms with Gasteiger partial charge < -0.3 is 18.6 Å². The predicted molar refractivity (Wildman–Crippen MR) is 108 cm³/mol. The lowest BCUT2D eigenvalue weighted by Crippen LogP contribution is -2.36. The lowest BCUT2D eigenvalue weighted by atomic mass is 10.0. The van der Waals surface area contributed by atoms with Crippen LogP contribution in [0.3, 0.4) is 0 Å². The molecule has 1 fully saturated rings. The molecule has 0 amide bonds. The Bertz CT molecular complexity index is 1100. The van der Waals surface area contributed by atoms with Crippen molar-refractivity contribution in [3.63, 3.8) is 0 Å². The molecule has 5 nitrogen and oxygen atoms in total. The molecule has 0 radical (unpaired) electrons. The molecule has 5 rings (SSSR count). The third kappa shape index (κ3) is 2.88. The Labute approximate surface area is 158 Å². The molecule has 2 aromatic carbocycles. The van der Waals surface area contributed by atoms with Crippen LogP contribution in [0.1, 0.15) is 12.8 Å². The van der Waals surface area contributed by atoms with Gasteiger partial charge in [-0.05, 0) is 54.3 Å². The van der Waals surface area contributed by atoms with Gasteiger partial charge in [-0.1, -0.05) is 12.1 Å². The first kappa shape index (κ1) is 16.4. The Hall–Kier alpha value is -2.79. The Balaban J connectivity index is 1.46. The lowest BCUT2D eigenvalue weighted by molar-refractivity contribution is 0.0811. The molecule has 1 saturated heterocycles. The van der Waals surface area contributed by atoms with Gasteiger partial charge in [-0.3, -0.25) is 0 Å². The van der Waals surface area contributed by atoms with Gasteiger partial charge in [0.1, 0.15) is 5.52 Å². The largest absolute Gasteiger partial charge is 0.423 e. The molecule has 3 heterocycles. The van der Waals surface area contributed by atoms with Gasteiger partial charge in [0, 0.05) is 44.3 Å². The summed E-state index contributed by atoms with van der Waals surface area (Å²) in [5.41, 5.74) is 5.34. The summed E-state index contributed by atoms with van der Waals surface area (Å²) in [4.78, 5) is 6.97. The summed E-state index contributed by atoms with van der Waals surface area (Å²) in [7, 11) is 3.86. The number of ether oxygens (including phenoxy) is 1. The molecular formula is C22H23N3O2. The monoisotopic (exact) mass is 361 g/mol. The molecule has 0 spiro atoms. The number of oxazole rings is 1. The van der Waals surface area contributed by atoms with Crippen molar-refractivity contribution < 1.29 is 9.15 Å². The molecule has 0 atom stereocenters. The lowest BCUT2D eigenvalue weighted by Gasteiger charge is -2.29. The number of aryl methyl sites for hydroxylation is 1. The third-order valence-corrected chi connectivity index (χ3v) is 5.64. The average molecular weight is 361 g/mol. The number of benzene rings is 2. The smallest absolute Gasteiger partial charge is 0.298 e. The third-order valence-electron chi connectivity index (χ3n) is 5.64. The number of piperidine rings is 1. The van der Waals surface area contributed by atoms with E-state index in [0.717, 1.165) is 48.6 Å². The SMILES string of the molecule is COC1CCN(c2nc3cc(-c4ccc5c(ccn5C)c4)ccc3o2)CC1. The van der Waals surface area contributed by atoms with Crippen molar-refractivity contribution in [2.75, 3.05) is 25.1 Å². The summed E-state index contributed by atoms with van der Waals surface area (Å²) in [6, 6.07) is 15.7. The van der Waals surface area contributed by atoms with E-state index in [-0.39, 0.29) is 0 Å². The number of anilines is 1. The molecule has 0 aliphatic carbocycles. The average Bonchev–Trinajstić information content (AvgIpc) is 3.31. The van der Waals surface area contributed by atoms with E-state index in [4.69, 9.17) is 14.1 Å². The van der Waals surface area contributed by atoms with Crippen molar-refractivity contribution in [1.29, 1.82) is 0 Å². The molecular weight excluding hydrogens is 338 g/mol. The zero-order valence-electron chi connectivity index (χ0n) is 15.7. The fraction of sp³-hybridized carbons (Fsp3) is 0.318. The Morgan fingerprint density at radius 2 is 1.81 bits per heavy atom. The fourth-order valence-corrected chi connectivity index (χ4v) is 3.97. The summed E-state index contributed by atoms with van der Waals surface area (Å²) < 4.78 is 13.6. The van der Waals surface area contributed by atoms with Crippen LogP contribution < -0.4 is 4.90 Å². The number of fused-ring (bicyclic) bond motifs is 2. The van der Waals surface area contributed by atoms with E-state index in [1.165, 1.54) is 16.5 Å². The fourth-order valence-electron chi connectivity index (χ4n) is 3.97. The molecule has 138 valence electrons. The summed E-state index contributed by atoms with van der Waals surface area (Å²) >= 11 is 0. The van der Waals surface area contributed by atoms with E-state index in [1.807, 2.05) is 6.07 Å². The minimum Gasteiger partial charge on any atom is -0.423 e. The Morgan fingerprint density at radius 3 is 2.63 bits per heavy atom. The van der Waals surface area contributed by atoms with E-state index in [1.54, 1.807) is 7.11 Å². The summed E-state index contributed by atoms with van der Waals surface area (Å²) in [5, 5.41) is 1.25. The summed E-state index contributed by atoms with van der Waals surface area (Å²) in [6.45, 7) is 1.84. The Morgan fingerprint density at radius 1 is 1.04 bits per heavy atom. The van der Waals surface area contributed by atoms with Gasteiger partial charge >= 0.3 is 0 Å². The molecule has 1 aliphatic heterocycles. The van der Waals surface area contributed by atoms with Crippen LogP contribution in [0.25, 0.3) is 33.1 Å². The van der Waals surface area contributed by atoms with Gasteiger partial charge in [0.25, 0.3) is 6.01 Å². The van der Waals surface area contributed by atoms with Crippen LogP contribution in [0.4, 0.5) is 6.01 Å². The normalized spacial score (nSPS) is 15.9. The van der Waals surface area contributed by atoms with E-state index >= 15 is 0 Å². The maximum absolute atomic E-state index is 6.01. The molecule has 1 aliphatic rings. The Kier molecular flexibility index (Phi) is 3.90. The molecule has 0 bridgehead atoms. The van der Waals surface area contributed by atoms with Crippen LogP contribution in [-0.4, -0.2) is 35.9 Å². The van der Waals surface area contributed by atoms with Crippen molar-refractivity contribution in [2.45, 2.75) is 18.9 Å². The highest BCUT2D eigenvalue weighted by molar-refractivity contribution is 5.88. The minimum atomic E-state index is 0.352. The first-order valence-electron chi connectivity index (χ1n) is 9.45. The molecule has 5 heteroatoms. The summed E-state index contributed by atoms with van der Waals surface area (Å²) in [5.74, 6) is 0. The van der Waals surface area contributed by atoms with E-state index in [2.05, 4.69) is 59.1 Å². The quantitative estimate of drug-likeness (QED) is 0.535. The first-order chi connectivity index (χ1) is 13.2. The zero-order valence-corrected chi connectivity index (χ0v) is 15.7. The van der Waals surface area contributed by atoms with Crippen LogP contribution >= 0.6 is 0 Å². The van der Waals surface area contributed by atoms with Crippen LogP contribution in [0, 0.1) is 0 Å². The second kappa shape index (κ2) is 6.43. The zero-order chi connectivity index (χ0) is 18.4. The highest BCUT2D eigenvalue weighted by Crippen LogP contribution is 2.30. The second-order valence-electron chi connectivity index (χ2n) is 7.30. The number of hydrogen-bond acceptors (Lipinski definition) is 4. The van der Waals surface area contributed by atoms with Gasteiger partial charge in [0.15, 0.2) is 5.58 Å². The topological polar surface area (TPSA) is 43.4 Å². The van der Waals surface area contributed by atoms with E-state index in [9.17, 15) is 0 Å².